The number of benzene rings is 1. The van der Waals surface area contributed by atoms with Crippen molar-refractivity contribution in [1.82, 2.24) is 4.90 Å². The smallest absolute Gasteiger partial charge is 0.305 e. The van der Waals surface area contributed by atoms with Crippen molar-refractivity contribution in [2.75, 3.05) is 18.9 Å². The van der Waals surface area contributed by atoms with Crippen LogP contribution >= 0.6 is 11.3 Å². The predicted molar refractivity (Wildman–Crippen MR) is 117 cm³/mol. The van der Waals surface area contributed by atoms with Gasteiger partial charge in [0, 0.05) is 23.7 Å². The van der Waals surface area contributed by atoms with Crippen LogP contribution in [0.5, 0.6) is 0 Å². The summed E-state index contributed by atoms with van der Waals surface area (Å²) in [5, 5.41) is 9.03. The van der Waals surface area contributed by atoms with Crippen molar-refractivity contribution in [3.8, 4) is 0 Å². The van der Waals surface area contributed by atoms with Gasteiger partial charge in [-0.25, -0.2) is 14.1 Å². The van der Waals surface area contributed by atoms with Crippen molar-refractivity contribution in [1.29, 1.82) is 0 Å². The van der Waals surface area contributed by atoms with Crippen LogP contribution < -0.4 is 10.5 Å². The van der Waals surface area contributed by atoms with Gasteiger partial charge in [-0.05, 0) is 85.9 Å². The number of aryl methyl sites for hydroxylation is 2. The molecule has 1 aliphatic heterocycles. The highest BCUT2D eigenvalue weighted by Crippen LogP contribution is 2.39. The molecule has 1 atom stereocenters. The summed E-state index contributed by atoms with van der Waals surface area (Å²) >= 11 is 1.43. The molecule has 0 unspecified atom stereocenters. The number of nitrogens with one attached hydrogen (secondary N) is 1. The van der Waals surface area contributed by atoms with Crippen LogP contribution in [0.4, 0.5) is 10.5 Å². The monoisotopic (exact) mass is 430 g/mol. The molecule has 3 aliphatic rings. The molecule has 5 rings (SSSR count). The number of rotatable bonds is 2. The van der Waals surface area contributed by atoms with Gasteiger partial charge in [-0.3, -0.25) is 0 Å². The molecule has 0 spiro atoms. The molecule has 29 heavy (non-hydrogen) atoms. The topological polar surface area (TPSA) is 87.8 Å². The second-order valence-electron chi connectivity index (χ2n) is 8.33. The fourth-order valence-electron chi connectivity index (χ4n) is 4.86. The van der Waals surface area contributed by atoms with E-state index in [0.717, 1.165) is 69.3 Å². The summed E-state index contributed by atoms with van der Waals surface area (Å²) < 4.78 is 17.5. The van der Waals surface area contributed by atoms with Crippen molar-refractivity contribution < 1.29 is 9.00 Å². The Morgan fingerprint density at radius 2 is 1.79 bits per heavy atom. The lowest BCUT2D eigenvalue weighted by Gasteiger charge is -2.21. The zero-order valence-electron chi connectivity index (χ0n) is 16.6. The number of carbonyl (C=O) groups excluding carboxylic acids is 1. The summed E-state index contributed by atoms with van der Waals surface area (Å²) in [5.41, 5.74) is 7.18. The third kappa shape index (κ3) is 3.52. The minimum absolute atomic E-state index is 0.497. The maximum atomic E-state index is 13.1. The van der Waals surface area contributed by atoms with E-state index in [0.29, 0.717) is 4.21 Å². The first-order valence-corrected chi connectivity index (χ1v) is 12.6. The number of likely N-dealkylation sites (N-methyl/N-ethyl adjacent to an activating group) is 1. The fraction of sp³-hybridized carbons (Fsp3) is 0.476. The molecular weight excluding hydrogens is 404 g/mol. The molecule has 8 heteroatoms. The Morgan fingerprint density at radius 3 is 2.48 bits per heavy atom. The number of anilines is 1. The maximum absolute atomic E-state index is 13.1. The Kier molecular flexibility index (Phi) is 4.77. The van der Waals surface area contributed by atoms with E-state index in [1.165, 1.54) is 38.5 Å². The minimum atomic E-state index is -3.26. The van der Waals surface area contributed by atoms with Gasteiger partial charge in [0.05, 0.1) is 0 Å². The van der Waals surface area contributed by atoms with Crippen LogP contribution in [0.3, 0.4) is 0 Å². The molecule has 2 heterocycles. The number of nitrogens with zero attached hydrogens (tertiary/aromatic N) is 2. The lowest BCUT2D eigenvalue weighted by atomic mass is 9.99. The Labute approximate surface area is 175 Å². The van der Waals surface area contributed by atoms with E-state index >= 15 is 0 Å². The van der Waals surface area contributed by atoms with Gasteiger partial charge in [-0.15, -0.1) is 15.7 Å². The Morgan fingerprint density at radius 1 is 1.10 bits per heavy atom. The highest BCUT2D eigenvalue weighted by molar-refractivity contribution is 7.93. The third-order valence-electron chi connectivity index (χ3n) is 6.25. The van der Waals surface area contributed by atoms with Gasteiger partial charge in [-0.1, -0.05) is 6.07 Å². The van der Waals surface area contributed by atoms with E-state index in [2.05, 4.69) is 27.7 Å². The van der Waals surface area contributed by atoms with E-state index < -0.39 is 15.9 Å². The van der Waals surface area contributed by atoms with Crippen LogP contribution in [0.2, 0.25) is 0 Å². The first-order chi connectivity index (χ1) is 13.9. The average molecular weight is 431 g/mol. The van der Waals surface area contributed by atoms with Crippen molar-refractivity contribution in [2.45, 2.75) is 55.7 Å². The molecule has 0 radical (unpaired) electrons. The van der Waals surface area contributed by atoms with Crippen LogP contribution in [0.1, 0.15) is 45.5 Å². The molecule has 2 aliphatic carbocycles. The van der Waals surface area contributed by atoms with Crippen molar-refractivity contribution in [2.24, 2.45) is 9.50 Å². The van der Waals surface area contributed by atoms with Crippen molar-refractivity contribution in [3.63, 3.8) is 0 Å². The highest BCUT2D eigenvalue weighted by Gasteiger charge is 2.26. The number of carbonyl (C=O) groups is 1. The van der Waals surface area contributed by atoms with Crippen LogP contribution in [-0.4, -0.2) is 28.7 Å². The molecule has 3 N–H and O–H groups in total. The standard InChI is InChI=1S/C21H26N4O2S2/c1-25-9-8-18-15(12-25)11-19(28-18)29(22,27)24-21(26)23-20-16-6-2-4-13(16)10-14-5-3-7-17(14)20/h10-11H,2-9,12H2,1H3,(H3,22,23,24,26,27)/t29-/m1/s1. The maximum Gasteiger partial charge on any atom is 0.354 e. The van der Waals surface area contributed by atoms with Gasteiger partial charge >= 0.3 is 6.03 Å². The predicted octanol–water partition coefficient (Wildman–Crippen LogP) is 3.65. The van der Waals surface area contributed by atoms with E-state index in [9.17, 15) is 9.00 Å². The molecule has 0 fully saturated rings. The van der Waals surface area contributed by atoms with Gasteiger partial charge in [0.1, 0.15) is 4.21 Å². The number of fused-ring (bicyclic) bond motifs is 3. The van der Waals surface area contributed by atoms with Gasteiger partial charge in [0.25, 0.3) is 0 Å². The first-order valence-electron chi connectivity index (χ1n) is 10.2. The molecular formula is C21H26N4O2S2. The van der Waals surface area contributed by atoms with Crippen LogP contribution in [0, 0.1) is 0 Å². The quantitative estimate of drug-likeness (QED) is 0.762. The number of amides is 2. The second-order valence-corrected chi connectivity index (χ2v) is 11.5. The summed E-state index contributed by atoms with van der Waals surface area (Å²) in [6, 6.07) is 3.58. The molecule has 154 valence electrons. The van der Waals surface area contributed by atoms with Gasteiger partial charge in [0.2, 0.25) is 0 Å². The summed E-state index contributed by atoms with van der Waals surface area (Å²) in [6.45, 7) is 1.79. The number of thiophene rings is 1. The SMILES string of the molecule is CN1CCc2sc([S@](N)(=O)=NC(=O)Nc3c4c(cc5c3CCC5)CCC4)cc2C1. The first kappa shape index (κ1) is 19.2. The minimum Gasteiger partial charge on any atom is -0.305 e. The number of hydrogen-bond acceptors (Lipinski definition) is 4. The van der Waals surface area contributed by atoms with Crippen LogP contribution in [0.25, 0.3) is 0 Å². The number of nitrogens with two attached hydrogens (primary N) is 1. The average Bonchev–Trinajstić information content (AvgIpc) is 3.39. The van der Waals surface area contributed by atoms with Crippen molar-refractivity contribution in [3.05, 3.63) is 44.8 Å². The van der Waals surface area contributed by atoms with E-state index in [4.69, 9.17) is 5.14 Å². The van der Waals surface area contributed by atoms with Crippen LogP contribution in [0.15, 0.2) is 20.7 Å². The van der Waals surface area contributed by atoms with Crippen LogP contribution in [-0.2, 0) is 48.6 Å². The second kappa shape index (κ2) is 7.19. The van der Waals surface area contributed by atoms with Crippen molar-refractivity contribution >= 4 is 33.0 Å². The largest absolute Gasteiger partial charge is 0.354 e. The van der Waals surface area contributed by atoms with E-state index in [-0.39, 0.29) is 0 Å². The number of hydrogen-bond donors (Lipinski definition) is 2. The molecule has 0 saturated heterocycles. The van der Waals surface area contributed by atoms with Gasteiger partial charge in [-0.2, -0.15) is 0 Å². The number of urea groups is 1. The third-order valence-corrected chi connectivity index (χ3v) is 9.38. The van der Waals surface area contributed by atoms with Gasteiger partial charge in [0.15, 0.2) is 9.92 Å². The summed E-state index contributed by atoms with van der Waals surface area (Å²) in [6.07, 6.45) is 7.21. The summed E-state index contributed by atoms with van der Waals surface area (Å²) in [4.78, 5) is 16.2. The zero-order chi connectivity index (χ0) is 20.2. The zero-order valence-corrected chi connectivity index (χ0v) is 18.3. The summed E-state index contributed by atoms with van der Waals surface area (Å²) in [5.74, 6) is 0. The van der Waals surface area contributed by atoms with Gasteiger partial charge < -0.3 is 10.2 Å². The molecule has 1 aromatic heterocycles. The molecule has 6 nitrogen and oxygen atoms in total. The molecule has 2 aromatic rings. The molecule has 1 aromatic carbocycles. The fourth-order valence-corrected chi connectivity index (χ4v) is 7.33. The van der Waals surface area contributed by atoms with E-state index in [1.807, 2.05) is 6.07 Å². The lowest BCUT2D eigenvalue weighted by molar-refractivity contribution is 0.260. The highest BCUT2D eigenvalue weighted by atomic mass is 32.2. The molecule has 0 saturated carbocycles. The Hall–Kier alpha value is -1.74. The lowest BCUT2D eigenvalue weighted by Crippen LogP contribution is -2.25. The normalized spacial score (nSPS) is 19.9. The molecule has 0 bridgehead atoms. The molecule has 2 amide bonds. The van der Waals surface area contributed by atoms with E-state index in [1.54, 1.807) is 0 Å². The Balaban J connectivity index is 1.45. The Bertz CT molecular complexity index is 1100. The summed E-state index contributed by atoms with van der Waals surface area (Å²) in [7, 11) is -1.19.